The summed E-state index contributed by atoms with van der Waals surface area (Å²) < 4.78 is 5.29. The number of carbonyl (C=O) groups excluding carboxylic acids is 1. The SMILES string of the molecule is Cc1c(COC(=O)Nc2ccc(C(C)(C)C)cc2)[nH]c2ccccc2c1=O. The number of rotatable bonds is 3. The summed E-state index contributed by atoms with van der Waals surface area (Å²) in [7, 11) is 0. The lowest BCUT2D eigenvalue weighted by Crippen LogP contribution is -2.17. The van der Waals surface area contributed by atoms with E-state index in [2.05, 4.69) is 31.1 Å². The highest BCUT2D eigenvalue weighted by Gasteiger charge is 2.14. The maximum atomic E-state index is 12.4. The average molecular weight is 364 g/mol. The lowest BCUT2D eigenvalue weighted by molar-refractivity contribution is 0.153. The Labute approximate surface area is 158 Å². The first-order valence-corrected chi connectivity index (χ1v) is 8.90. The molecule has 3 aromatic rings. The van der Waals surface area contributed by atoms with Crippen molar-refractivity contribution in [2.24, 2.45) is 0 Å². The molecule has 5 nitrogen and oxygen atoms in total. The van der Waals surface area contributed by atoms with Crippen molar-refractivity contribution in [2.45, 2.75) is 39.7 Å². The van der Waals surface area contributed by atoms with Crippen molar-refractivity contribution < 1.29 is 9.53 Å². The van der Waals surface area contributed by atoms with Crippen molar-refractivity contribution in [3.8, 4) is 0 Å². The minimum absolute atomic E-state index is 0.00217. The third kappa shape index (κ3) is 4.19. The minimum atomic E-state index is -0.563. The van der Waals surface area contributed by atoms with Crippen LogP contribution in [0, 0.1) is 6.92 Å². The van der Waals surface area contributed by atoms with E-state index in [0.29, 0.717) is 22.3 Å². The largest absolute Gasteiger partial charge is 0.443 e. The summed E-state index contributed by atoms with van der Waals surface area (Å²) in [5, 5.41) is 3.34. The second kappa shape index (κ2) is 7.27. The molecule has 0 spiro atoms. The van der Waals surface area contributed by atoms with Gasteiger partial charge >= 0.3 is 6.09 Å². The van der Waals surface area contributed by atoms with Crippen LogP contribution in [-0.4, -0.2) is 11.1 Å². The van der Waals surface area contributed by atoms with Crippen LogP contribution in [0.2, 0.25) is 0 Å². The Kier molecular flexibility index (Phi) is 5.04. The second-order valence-corrected chi connectivity index (χ2v) is 7.63. The highest BCUT2D eigenvalue weighted by molar-refractivity contribution is 5.84. The first-order chi connectivity index (χ1) is 12.8. The predicted molar refractivity (Wildman–Crippen MR) is 108 cm³/mol. The van der Waals surface area contributed by atoms with Gasteiger partial charge < -0.3 is 9.72 Å². The fraction of sp³-hybridized carbons (Fsp3) is 0.273. The van der Waals surface area contributed by atoms with Gasteiger partial charge in [0.25, 0.3) is 0 Å². The van der Waals surface area contributed by atoms with Crippen LogP contribution in [0.4, 0.5) is 10.5 Å². The number of ether oxygens (including phenoxy) is 1. The lowest BCUT2D eigenvalue weighted by atomic mass is 9.87. The number of nitrogens with one attached hydrogen (secondary N) is 2. The Bertz CT molecular complexity index is 1030. The van der Waals surface area contributed by atoms with E-state index in [-0.39, 0.29) is 17.5 Å². The van der Waals surface area contributed by atoms with Crippen molar-refractivity contribution in [3.63, 3.8) is 0 Å². The zero-order chi connectivity index (χ0) is 19.6. The van der Waals surface area contributed by atoms with Gasteiger partial charge in [-0.05, 0) is 42.2 Å². The fourth-order valence-electron chi connectivity index (χ4n) is 2.88. The third-order valence-corrected chi connectivity index (χ3v) is 4.60. The van der Waals surface area contributed by atoms with Gasteiger partial charge in [0.1, 0.15) is 6.61 Å². The minimum Gasteiger partial charge on any atom is -0.443 e. The molecular formula is C22H24N2O3. The number of fused-ring (bicyclic) bond motifs is 1. The third-order valence-electron chi connectivity index (χ3n) is 4.60. The van der Waals surface area contributed by atoms with Crippen LogP contribution < -0.4 is 10.7 Å². The predicted octanol–water partition coefficient (Wildman–Crippen LogP) is 4.88. The molecule has 0 bridgehead atoms. The number of hydrogen-bond donors (Lipinski definition) is 2. The highest BCUT2D eigenvalue weighted by Crippen LogP contribution is 2.23. The molecular weight excluding hydrogens is 340 g/mol. The van der Waals surface area contributed by atoms with E-state index in [4.69, 9.17) is 4.74 Å². The van der Waals surface area contributed by atoms with Gasteiger partial charge in [-0.2, -0.15) is 0 Å². The number of para-hydroxylation sites is 1. The molecule has 27 heavy (non-hydrogen) atoms. The lowest BCUT2D eigenvalue weighted by Gasteiger charge is -2.19. The summed E-state index contributed by atoms with van der Waals surface area (Å²) >= 11 is 0. The van der Waals surface area contributed by atoms with Gasteiger partial charge in [-0.15, -0.1) is 0 Å². The van der Waals surface area contributed by atoms with E-state index in [1.165, 1.54) is 5.56 Å². The number of aromatic nitrogens is 1. The Morgan fingerprint density at radius 1 is 1.07 bits per heavy atom. The standard InChI is InChI=1S/C22H24N2O3/c1-14-19(24-18-8-6-5-7-17(18)20(14)25)13-27-21(26)23-16-11-9-15(10-12-16)22(2,3)4/h5-12H,13H2,1-4H3,(H,23,26)(H,24,25). The first kappa shape index (κ1) is 18.7. The molecule has 1 heterocycles. The van der Waals surface area contributed by atoms with E-state index in [1.54, 1.807) is 13.0 Å². The fourth-order valence-corrected chi connectivity index (χ4v) is 2.88. The van der Waals surface area contributed by atoms with Crippen molar-refractivity contribution in [1.82, 2.24) is 4.98 Å². The van der Waals surface area contributed by atoms with Gasteiger partial charge in [0, 0.05) is 22.2 Å². The van der Waals surface area contributed by atoms with Gasteiger partial charge in [0.15, 0.2) is 5.43 Å². The summed E-state index contributed by atoms with van der Waals surface area (Å²) in [6.45, 7) is 8.13. The number of anilines is 1. The Morgan fingerprint density at radius 2 is 1.74 bits per heavy atom. The summed E-state index contributed by atoms with van der Waals surface area (Å²) in [5.74, 6) is 0. The van der Waals surface area contributed by atoms with E-state index in [0.717, 1.165) is 5.52 Å². The molecule has 0 fully saturated rings. The van der Waals surface area contributed by atoms with Crippen LogP contribution in [0.15, 0.2) is 53.3 Å². The number of hydrogen-bond acceptors (Lipinski definition) is 3. The topological polar surface area (TPSA) is 71.2 Å². The van der Waals surface area contributed by atoms with Gasteiger partial charge in [0.2, 0.25) is 0 Å². The Morgan fingerprint density at radius 3 is 2.41 bits per heavy atom. The molecule has 2 aromatic carbocycles. The van der Waals surface area contributed by atoms with Crippen molar-refractivity contribution >= 4 is 22.7 Å². The second-order valence-electron chi connectivity index (χ2n) is 7.63. The molecule has 1 aromatic heterocycles. The van der Waals surface area contributed by atoms with E-state index in [9.17, 15) is 9.59 Å². The van der Waals surface area contributed by atoms with E-state index >= 15 is 0 Å². The number of benzene rings is 2. The number of pyridine rings is 1. The quantitative estimate of drug-likeness (QED) is 0.695. The molecule has 5 heteroatoms. The Balaban J connectivity index is 1.68. The smallest absolute Gasteiger partial charge is 0.412 e. The van der Waals surface area contributed by atoms with Crippen molar-refractivity contribution in [2.75, 3.05) is 5.32 Å². The van der Waals surface area contributed by atoms with E-state index < -0.39 is 6.09 Å². The number of amides is 1. The molecule has 3 rings (SSSR count). The van der Waals surface area contributed by atoms with Gasteiger partial charge in [0.05, 0.1) is 5.69 Å². The van der Waals surface area contributed by atoms with Crippen LogP contribution in [0.5, 0.6) is 0 Å². The Hall–Kier alpha value is -3.08. The number of aromatic amines is 1. The van der Waals surface area contributed by atoms with Crippen LogP contribution in [-0.2, 0) is 16.8 Å². The molecule has 0 saturated carbocycles. The van der Waals surface area contributed by atoms with Crippen LogP contribution in [0.1, 0.15) is 37.6 Å². The number of carbonyl (C=O) groups is 1. The van der Waals surface area contributed by atoms with Crippen LogP contribution in [0.3, 0.4) is 0 Å². The molecule has 0 radical (unpaired) electrons. The van der Waals surface area contributed by atoms with Gasteiger partial charge in [-0.1, -0.05) is 45.0 Å². The maximum Gasteiger partial charge on any atom is 0.412 e. The van der Waals surface area contributed by atoms with Gasteiger partial charge in [-0.25, -0.2) is 4.79 Å². The normalized spacial score (nSPS) is 11.4. The maximum absolute atomic E-state index is 12.4. The van der Waals surface area contributed by atoms with Crippen LogP contribution in [0.25, 0.3) is 10.9 Å². The molecule has 2 N–H and O–H groups in total. The first-order valence-electron chi connectivity index (χ1n) is 8.90. The van der Waals surface area contributed by atoms with Crippen molar-refractivity contribution in [1.29, 1.82) is 0 Å². The van der Waals surface area contributed by atoms with Crippen LogP contribution >= 0.6 is 0 Å². The monoisotopic (exact) mass is 364 g/mol. The van der Waals surface area contributed by atoms with E-state index in [1.807, 2.05) is 42.5 Å². The molecule has 140 valence electrons. The zero-order valence-electron chi connectivity index (χ0n) is 16.1. The molecule has 0 aliphatic heterocycles. The highest BCUT2D eigenvalue weighted by atomic mass is 16.5. The number of H-pyrrole nitrogens is 1. The summed E-state index contributed by atoms with van der Waals surface area (Å²) in [6.07, 6.45) is -0.563. The van der Waals surface area contributed by atoms with Gasteiger partial charge in [-0.3, -0.25) is 10.1 Å². The summed E-state index contributed by atoms with van der Waals surface area (Å²) in [4.78, 5) is 27.7. The molecule has 0 aliphatic carbocycles. The average Bonchev–Trinajstić information content (AvgIpc) is 2.63. The molecule has 0 saturated heterocycles. The zero-order valence-corrected chi connectivity index (χ0v) is 16.1. The van der Waals surface area contributed by atoms with Crippen molar-refractivity contribution in [3.05, 3.63) is 75.6 Å². The molecule has 1 amide bonds. The summed E-state index contributed by atoms with van der Waals surface area (Å²) in [6, 6.07) is 15.0. The molecule has 0 atom stereocenters. The molecule has 0 unspecified atom stereocenters. The molecule has 0 aliphatic rings. The summed E-state index contributed by atoms with van der Waals surface area (Å²) in [5.41, 5.74) is 3.72.